The largest absolute Gasteiger partial charge is 0.458 e. The second kappa shape index (κ2) is 7.99. The molecule has 4 aliphatic rings. The number of halogens is 6. The molecule has 0 aromatic heterocycles. The Kier molecular flexibility index (Phi) is 6.00. The van der Waals surface area contributed by atoms with Gasteiger partial charge >= 0.3 is 30.3 Å². The van der Waals surface area contributed by atoms with Gasteiger partial charge in [-0.2, -0.15) is 26.3 Å². The van der Waals surface area contributed by atoms with Gasteiger partial charge in [0.15, 0.2) is 5.41 Å². The Labute approximate surface area is 204 Å². The second-order valence-electron chi connectivity index (χ2n) is 12.2. The number of alkyl halides is 6. The summed E-state index contributed by atoms with van der Waals surface area (Å²) in [5.41, 5.74) is -3.34. The van der Waals surface area contributed by atoms with Crippen molar-refractivity contribution in [1.82, 2.24) is 0 Å². The molecule has 0 spiro atoms. The van der Waals surface area contributed by atoms with Crippen LogP contribution in [0, 0.1) is 39.9 Å². The van der Waals surface area contributed by atoms with Crippen LogP contribution in [0.2, 0.25) is 0 Å². The third-order valence-electron chi connectivity index (χ3n) is 8.44. The average molecular weight is 528 g/mol. The molecule has 1 heterocycles. The lowest BCUT2D eigenvalue weighted by atomic mass is 9.65. The van der Waals surface area contributed by atoms with Gasteiger partial charge < -0.3 is 14.2 Å². The van der Waals surface area contributed by atoms with E-state index in [9.17, 15) is 40.7 Å². The van der Waals surface area contributed by atoms with E-state index in [1.54, 1.807) is 6.92 Å². The summed E-state index contributed by atoms with van der Waals surface area (Å²) < 4.78 is 93.5. The van der Waals surface area contributed by atoms with Crippen LogP contribution in [-0.4, -0.2) is 48.6 Å². The molecule has 8 atom stereocenters. The van der Waals surface area contributed by atoms with Crippen LogP contribution in [0.3, 0.4) is 0 Å². The second-order valence-corrected chi connectivity index (χ2v) is 12.2. The molecule has 3 aliphatic carbocycles. The van der Waals surface area contributed by atoms with Crippen molar-refractivity contribution in [1.29, 1.82) is 0 Å². The molecule has 12 heteroatoms. The van der Waals surface area contributed by atoms with E-state index in [2.05, 4.69) is 4.74 Å². The summed E-state index contributed by atoms with van der Waals surface area (Å²) in [6.07, 6.45) is -17.3. The molecule has 204 valence electrons. The molecule has 1 aliphatic heterocycles. The lowest BCUT2D eigenvalue weighted by molar-refractivity contribution is -0.316. The SMILES string of the molecule is CCC(C)(CC(C)(C)C)C(=O)OC1C2OC(=O)C3(C(=O)OC(C(F)(F)F)C(F)(F)F)CC4C(CC23)C41. The van der Waals surface area contributed by atoms with Crippen LogP contribution in [0.1, 0.15) is 60.3 Å². The van der Waals surface area contributed by atoms with Crippen molar-refractivity contribution in [3.8, 4) is 0 Å². The molecule has 4 fully saturated rings. The summed E-state index contributed by atoms with van der Waals surface area (Å²) in [5.74, 6) is -5.36. The molecule has 2 bridgehead atoms. The maximum Gasteiger partial charge on any atom is 0.434 e. The molecule has 1 saturated heterocycles. The van der Waals surface area contributed by atoms with Gasteiger partial charge in [0.05, 0.1) is 5.41 Å². The molecule has 4 rings (SSSR count). The fourth-order valence-electron chi connectivity index (χ4n) is 6.85. The Balaban J connectivity index is 1.60. The number of esters is 3. The minimum absolute atomic E-state index is 0.0593. The van der Waals surface area contributed by atoms with Gasteiger partial charge in [-0.05, 0) is 49.9 Å². The van der Waals surface area contributed by atoms with Crippen LogP contribution in [-0.2, 0) is 28.6 Å². The predicted molar refractivity (Wildman–Crippen MR) is 110 cm³/mol. The monoisotopic (exact) mass is 528 g/mol. The molecule has 0 aromatic carbocycles. The lowest BCUT2D eigenvalue weighted by Crippen LogP contribution is -2.53. The highest BCUT2D eigenvalue weighted by molar-refractivity contribution is 6.02. The van der Waals surface area contributed by atoms with E-state index in [1.165, 1.54) is 0 Å². The fraction of sp³-hybridized carbons (Fsp3) is 0.875. The van der Waals surface area contributed by atoms with Crippen LogP contribution in [0.15, 0.2) is 0 Å². The van der Waals surface area contributed by atoms with E-state index in [0.29, 0.717) is 12.8 Å². The van der Waals surface area contributed by atoms with Gasteiger partial charge in [-0.15, -0.1) is 0 Å². The molecule has 8 unspecified atom stereocenters. The van der Waals surface area contributed by atoms with Crippen LogP contribution in [0.5, 0.6) is 0 Å². The van der Waals surface area contributed by atoms with Crippen molar-refractivity contribution in [2.45, 2.75) is 91.0 Å². The number of carbonyl (C=O) groups is 3. The zero-order valence-electron chi connectivity index (χ0n) is 20.6. The molecule has 6 nitrogen and oxygen atoms in total. The van der Waals surface area contributed by atoms with Gasteiger partial charge in [-0.3, -0.25) is 14.4 Å². The van der Waals surface area contributed by atoms with Crippen LogP contribution in [0.25, 0.3) is 0 Å². The van der Waals surface area contributed by atoms with Crippen molar-refractivity contribution in [2.24, 2.45) is 39.9 Å². The van der Waals surface area contributed by atoms with Gasteiger partial charge in [-0.1, -0.05) is 27.7 Å². The van der Waals surface area contributed by atoms with Gasteiger partial charge in [-0.25, -0.2) is 0 Å². The lowest BCUT2D eigenvalue weighted by Gasteiger charge is -2.39. The number of hydrogen-bond acceptors (Lipinski definition) is 6. The van der Waals surface area contributed by atoms with Crippen molar-refractivity contribution in [3.05, 3.63) is 0 Å². The number of fused-ring (bicyclic) bond motifs is 1. The molecule has 0 aromatic rings. The summed E-state index contributed by atoms with van der Waals surface area (Å²) in [4.78, 5) is 39.1. The fourth-order valence-corrected chi connectivity index (χ4v) is 6.85. The smallest absolute Gasteiger partial charge is 0.434 e. The van der Waals surface area contributed by atoms with E-state index >= 15 is 0 Å². The summed E-state index contributed by atoms with van der Waals surface area (Å²) >= 11 is 0. The first-order chi connectivity index (χ1) is 16.3. The summed E-state index contributed by atoms with van der Waals surface area (Å²) in [6.45, 7) is 9.52. The predicted octanol–water partition coefficient (Wildman–Crippen LogP) is 4.98. The van der Waals surface area contributed by atoms with Gasteiger partial charge in [0.25, 0.3) is 6.10 Å². The van der Waals surface area contributed by atoms with Crippen molar-refractivity contribution in [3.63, 3.8) is 0 Å². The van der Waals surface area contributed by atoms with E-state index in [4.69, 9.17) is 9.47 Å². The van der Waals surface area contributed by atoms with Crippen LogP contribution < -0.4 is 0 Å². The quantitative estimate of drug-likeness (QED) is 0.209. The van der Waals surface area contributed by atoms with Crippen molar-refractivity contribution >= 4 is 17.9 Å². The normalized spacial score (nSPS) is 36.7. The maximum absolute atomic E-state index is 13.3. The topological polar surface area (TPSA) is 78.9 Å². The Hall–Kier alpha value is -2.01. The van der Waals surface area contributed by atoms with E-state index in [1.807, 2.05) is 27.7 Å². The Morgan fingerprint density at radius 2 is 1.64 bits per heavy atom. The first-order valence-electron chi connectivity index (χ1n) is 12.0. The highest BCUT2D eigenvalue weighted by atomic mass is 19.4. The molecule has 36 heavy (non-hydrogen) atoms. The Morgan fingerprint density at radius 3 is 2.14 bits per heavy atom. The summed E-state index contributed by atoms with van der Waals surface area (Å²) in [6, 6.07) is 0. The van der Waals surface area contributed by atoms with Crippen LogP contribution in [0.4, 0.5) is 26.3 Å². The van der Waals surface area contributed by atoms with Gasteiger partial charge in [0.1, 0.15) is 12.2 Å². The minimum Gasteiger partial charge on any atom is -0.458 e. The molecule has 0 amide bonds. The molecular weight excluding hydrogens is 498 g/mol. The third kappa shape index (κ3) is 4.15. The van der Waals surface area contributed by atoms with E-state index < -0.39 is 65.3 Å². The first-order valence-corrected chi connectivity index (χ1v) is 12.0. The highest BCUT2D eigenvalue weighted by Crippen LogP contribution is 2.72. The molecule has 0 radical (unpaired) electrons. The van der Waals surface area contributed by atoms with E-state index in [-0.39, 0.29) is 36.0 Å². The number of carbonyl (C=O) groups excluding carboxylic acids is 3. The standard InChI is InChI=1S/C24H30F6O6/c1-6-21(5,9-20(2,3)4)17(31)35-15-13-10-7-12-14(15)34-18(32)22(12,8-11(10)13)19(33)36-16(23(25,26)27)24(28,29)30/h10-16H,6-9H2,1-5H3. The molecule has 3 saturated carbocycles. The first kappa shape index (κ1) is 27.0. The maximum atomic E-state index is 13.3. The number of hydrogen-bond donors (Lipinski definition) is 0. The van der Waals surface area contributed by atoms with Gasteiger partial charge in [0, 0.05) is 11.8 Å². The molecule has 0 N–H and O–H groups in total. The number of ether oxygens (including phenoxy) is 3. The van der Waals surface area contributed by atoms with E-state index in [0.717, 1.165) is 0 Å². The van der Waals surface area contributed by atoms with Gasteiger partial charge in [0.2, 0.25) is 0 Å². The average Bonchev–Trinajstić information content (AvgIpc) is 3.35. The van der Waals surface area contributed by atoms with Crippen LogP contribution >= 0.6 is 0 Å². The minimum atomic E-state index is -5.91. The Morgan fingerprint density at radius 1 is 1.06 bits per heavy atom. The van der Waals surface area contributed by atoms with Crippen molar-refractivity contribution < 1.29 is 54.9 Å². The molecular formula is C24H30F6O6. The third-order valence-corrected chi connectivity index (χ3v) is 8.44. The zero-order chi connectivity index (χ0) is 27.2. The summed E-state index contributed by atoms with van der Waals surface area (Å²) in [5, 5.41) is 0. The number of rotatable bonds is 6. The Bertz CT molecular complexity index is 940. The zero-order valence-corrected chi connectivity index (χ0v) is 20.6. The highest BCUT2D eigenvalue weighted by Gasteiger charge is 2.80. The summed E-state index contributed by atoms with van der Waals surface area (Å²) in [7, 11) is 0. The van der Waals surface area contributed by atoms with Crippen molar-refractivity contribution in [2.75, 3.05) is 0 Å².